The van der Waals surface area contributed by atoms with Crippen molar-refractivity contribution in [2.45, 2.75) is 62.6 Å². The molecule has 16 heavy (non-hydrogen) atoms. The van der Waals surface area contributed by atoms with Crippen molar-refractivity contribution < 1.29 is 14.2 Å². The van der Waals surface area contributed by atoms with Crippen molar-refractivity contribution in [1.29, 1.82) is 0 Å². The molecule has 0 aromatic rings. The minimum atomic E-state index is -0.371. The predicted molar refractivity (Wildman–Crippen MR) is 59.0 cm³/mol. The molecule has 4 nitrogen and oxygen atoms in total. The Labute approximate surface area is 96.4 Å². The van der Waals surface area contributed by atoms with E-state index >= 15 is 0 Å². The van der Waals surface area contributed by atoms with Crippen molar-refractivity contribution in [2.75, 3.05) is 13.2 Å². The molecule has 2 saturated carbocycles. The number of hydrogen-bond acceptors (Lipinski definition) is 4. The van der Waals surface area contributed by atoms with Crippen LogP contribution in [0.4, 0.5) is 0 Å². The molecule has 0 aromatic heterocycles. The van der Waals surface area contributed by atoms with Crippen LogP contribution in [0.25, 0.3) is 0 Å². The smallest absolute Gasteiger partial charge is 0.171 e. The fraction of sp³-hybridized carbons (Fsp3) is 1.00. The van der Waals surface area contributed by atoms with Gasteiger partial charge in [-0.25, -0.2) is 0 Å². The molecule has 0 amide bonds. The number of nitrogens with two attached hydrogens (primary N) is 1. The second-order valence-electron chi connectivity index (χ2n) is 5.24. The van der Waals surface area contributed by atoms with E-state index in [9.17, 15) is 0 Å². The monoisotopic (exact) mass is 227 g/mol. The fourth-order valence-electron chi connectivity index (χ4n) is 2.79. The second-order valence-corrected chi connectivity index (χ2v) is 5.24. The Balaban J connectivity index is 1.61. The first-order chi connectivity index (χ1) is 7.77. The van der Waals surface area contributed by atoms with Gasteiger partial charge in [-0.3, -0.25) is 0 Å². The van der Waals surface area contributed by atoms with Crippen LogP contribution in [0, 0.1) is 0 Å². The topological polar surface area (TPSA) is 53.7 Å². The van der Waals surface area contributed by atoms with Crippen LogP contribution in [0.15, 0.2) is 0 Å². The minimum absolute atomic E-state index is 0.122. The lowest BCUT2D eigenvalue weighted by atomic mass is 9.87. The molecular weight excluding hydrogens is 206 g/mol. The van der Waals surface area contributed by atoms with Crippen LogP contribution in [-0.4, -0.2) is 37.3 Å². The molecule has 3 fully saturated rings. The van der Waals surface area contributed by atoms with Crippen molar-refractivity contribution in [3.8, 4) is 0 Å². The zero-order valence-corrected chi connectivity index (χ0v) is 9.69. The van der Waals surface area contributed by atoms with Crippen molar-refractivity contribution in [2.24, 2.45) is 5.73 Å². The Morgan fingerprint density at radius 2 is 1.88 bits per heavy atom. The molecule has 2 aliphatic carbocycles. The van der Waals surface area contributed by atoms with Gasteiger partial charge in [-0.15, -0.1) is 0 Å². The molecule has 0 aromatic carbocycles. The van der Waals surface area contributed by atoms with Gasteiger partial charge in [0.25, 0.3) is 0 Å². The highest BCUT2D eigenvalue weighted by molar-refractivity contribution is 4.91. The third-order valence-electron chi connectivity index (χ3n) is 4.08. The third kappa shape index (κ3) is 1.99. The summed E-state index contributed by atoms with van der Waals surface area (Å²) in [6.07, 6.45) is 6.91. The molecule has 2 N–H and O–H groups in total. The maximum Gasteiger partial charge on any atom is 0.171 e. The number of ether oxygens (including phenoxy) is 3. The maximum atomic E-state index is 6.12. The molecular formula is C12H21NO3. The van der Waals surface area contributed by atoms with Gasteiger partial charge < -0.3 is 19.9 Å². The van der Waals surface area contributed by atoms with Crippen LogP contribution in [0.2, 0.25) is 0 Å². The number of hydrogen-bond donors (Lipinski definition) is 1. The fourth-order valence-corrected chi connectivity index (χ4v) is 2.79. The number of rotatable bonds is 2. The largest absolute Gasteiger partial charge is 0.373 e. The zero-order chi connectivity index (χ0) is 11.0. The molecule has 2 atom stereocenters. The van der Waals surface area contributed by atoms with E-state index in [0.717, 1.165) is 19.3 Å². The average Bonchev–Trinajstić information content (AvgIpc) is 2.66. The molecule has 0 bridgehead atoms. The standard InChI is InChI=1S/C12H21NO3/c13-10-4-5-12(14-6-7-15-12)8-11(10)16-9-2-1-3-9/h9-11H,1-8,13H2. The van der Waals surface area contributed by atoms with Crippen LogP contribution < -0.4 is 5.73 Å². The third-order valence-corrected chi connectivity index (χ3v) is 4.08. The summed E-state index contributed by atoms with van der Waals surface area (Å²) < 4.78 is 17.5. The average molecular weight is 227 g/mol. The predicted octanol–water partition coefficient (Wildman–Crippen LogP) is 1.18. The van der Waals surface area contributed by atoms with E-state index in [1.807, 2.05) is 0 Å². The Kier molecular flexibility index (Phi) is 2.92. The van der Waals surface area contributed by atoms with E-state index < -0.39 is 0 Å². The Hall–Kier alpha value is -0.160. The van der Waals surface area contributed by atoms with Gasteiger partial charge >= 0.3 is 0 Å². The van der Waals surface area contributed by atoms with E-state index in [-0.39, 0.29) is 17.9 Å². The lowest BCUT2D eigenvalue weighted by Crippen LogP contribution is -2.51. The van der Waals surface area contributed by atoms with Crippen LogP contribution in [-0.2, 0) is 14.2 Å². The second kappa shape index (κ2) is 4.26. The van der Waals surface area contributed by atoms with E-state index in [1.165, 1.54) is 19.3 Å². The molecule has 0 radical (unpaired) electrons. The van der Waals surface area contributed by atoms with Gasteiger partial charge in [0.05, 0.1) is 25.4 Å². The molecule has 92 valence electrons. The maximum absolute atomic E-state index is 6.12. The Morgan fingerprint density at radius 1 is 1.12 bits per heavy atom. The minimum Gasteiger partial charge on any atom is -0.373 e. The molecule has 1 heterocycles. The summed E-state index contributed by atoms with van der Waals surface area (Å²) in [5.74, 6) is -0.371. The highest BCUT2D eigenvalue weighted by Crippen LogP contribution is 2.38. The van der Waals surface area contributed by atoms with Gasteiger partial charge in [0, 0.05) is 18.9 Å². The van der Waals surface area contributed by atoms with Crippen LogP contribution in [0.3, 0.4) is 0 Å². The van der Waals surface area contributed by atoms with E-state index in [2.05, 4.69) is 0 Å². The first-order valence-corrected chi connectivity index (χ1v) is 6.46. The van der Waals surface area contributed by atoms with Crippen LogP contribution in [0.5, 0.6) is 0 Å². The molecule has 3 aliphatic rings. The summed E-state index contributed by atoms with van der Waals surface area (Å²) in [5, 5.41) is 0. The molecule has 1 saturated heterocycles. The summed E-state index contributed by atoms with van der Waals surface area (Å²) in [4.78, 5) is 0. The summed E-state index contributed by atoms with van der Waals surface area (Å²) in [6, 6.07) is 0.152. The summed E-state index contributed by atoms with van der Waals surface area (Å²) >= 11 is 0. The van der Waals surface area contributed by atoms with Crippen LogP contribution in [0.1, 0.15) is 38.5 Å². The highest BCUT2D eigenvalue weighted by Gasteiger charge is 2.45. The van der Waals surface area contributed by atoms with Gasteiger partial charge in [-0.05, 0) is 25.7 Å². The van der Waals surface area contributed by atoms with Crippen molar-refractivity contribution in [3.63, 3.8) is 0 Å². The lowest BCUT2D eigenvalue weighted by molar-refractivity contribution is -0.214. The Bertz CT molecular complexity index is 249. The van der Waals surface area contributed by atoms with Gasteiger partial charge in [0.15, 0.2) is 5.79 Å². The van der Waals surface area contributed by atoms with E-state index in [4.69, 9.17) is 19.9 Å². The Morgan fingerprint density at radius 3 is 2.50 bits per heavy atom. The molecule has 4 heteroatoms. The van der Waals surface area contributed by atoms with Gasteiger partial charge in [0.2, 0.25) is 0 Å². The van der Waals surface area contributed by atoms with Gasteiger partial charge in [-0.1, -0.05) is 0 Å². The van der Waals surface area contributed by atoms with E-state index in [1.54, 1.807) is 0 Å². The van der Waals surface area contributed by atoms with Crippen LogP contribution >= 0.6 is 0 Å². The van der Waals surface area contributed by atoms with Gasteiger partial charge in [-0.2, -0.15) is 0 Å². The SMILES string of the molecule is NC1CCC2(CC1OC1CCC1)OCCO2. The quantitative estimate of drug-likeness (QED) is 0.769. The normalized spacial score (nSPS) is 38.8. The van der Waals surface area contributed by atoms with Gasteiger partial charge in [0.1, 0.15) is 0 Å². The molecule has 2 unspecified atom stereocenters. The van der Waals surface area contributed by atoms with Crippen molar-refractivity contribution >= 4 is 0 Å². The van der Waals surface area contributed by atoms with E-state index in [0.29, 0.717) is 19.3 Å². The molecule has 3 rings (SSSR count). The van der Waals surface area contributed by atoms with Crippen molar-refractivity contribution in [3.05, 3.63) is 0 Å². The summed E-state index contributed by atoms with van der Waals surface area (Å²) in [6.45, 7) is 1.43. The molecule has 1 aliphatic heterocycles. The first kappa shape index (κ1) is 11.0. The van der Waals surface area contributed by atoms with Crippen molar-refractivity contribution in [1.82, 2.24) is 0 Å². The molecule has 1 spiro atoms. The zero-order valence-electron chi connectivity index (χ0n) is 9.69. The first-order valence-electron chi connectivity index (χ1n) is 6.46. The summed E-state index contributed by atoms with van der Waals surface area (Å²) in [5.41, 5.74) is 6.12. The summed E-state index contributed by atoms with van der Waals surface area (Å²) in [7, 11) is 0. The lowest BCUT2D eigenvalue weighted by Gasteiger charge is -2.42. The highest BCUT2D eigenvalue weighted by atomic mass is 16.7.